The Bertz CT molecular complexity index is 645. The number of benzene rings is 2. The molecule has 4 heteroatoms. The van der Waals surface area contributed by atoms with Crippen molar-refractivity contribution in [2.45, 2.75) is 19.4 Å². The van der Waals surface area contributed by atoms with E-state index in [0.717, 1.165) is 31.0 Å². The molecule has 0 fully saturated rings. The third kappa shape index (κ3) is 3.77. The van der Waals surface area contributed by atoms with E-state index in [1.807, 2.05) is 31.2 Å². The molecule has 0 saturated carbocycles. The van der Waals surface area contributed by atoms with Gasteiger partial charge in [0, 0.05) is 18.3 Å². The van der Waals surface area contributed by atoms with Crippen molar-refractivity contribution in [2.24, 2.45) is 5.73 Å². The first-order chi connectivity index (χ1) is 11.3. The lowest BCUT2D eigenvalue weighted by molar-refractivity contribution is 0.279. The van der Waals surface area contributed by atoms with Crippen LogP contribution in [0.3, 0.4) is 0 Å². The first-order valence-corrected chi connectivity index (χ1v) is 8.21. The number of nitrogens with two attached hydrogens (primary N) is 1. The van der Waals surface area contributed by atoms with Crippen molar-refractivity contribution in [3.8, 4) is 11.5 Å². The van der Waals surface area contributed by atoms with Crippen LogP contribution >= 0.6 is 0 Å². The zero-order valence-electron chi connectivity index (χ0n) is 13.6. The summed E-state index contributed by atoms with van der Waals surface area (Å²) in [6, 6.07) is 16.5. The van der Waals surface area contributed by atoms with E-state index in [4.69, 9.17) is 15.2 Å². The molecule has 0 amide bonds. The fourth-order valence-corrected chi connectivity index (χ4v) is 3.04. The summed E-state index contributed by atoms with van der Waals surface area (Å²) in [5, 5.41) is 0. The average Bonchev–Trinajstić information content (AvgIpc) is 2.56. The molecule has 2 aromatic rings. The number of ether oxygens (including phenoxy) is 2. The summed E-state index contributed by atoms with van der Waals surface area (Å²) in [6.07, 6.45) is 0.945. The predicted molar refractivity (Wildman–Crippen MR) is 93.4 cm³/mol. The van der Waals surface area contributed by atoms with Gasteiger partial charge >= 0.3 is 0 Å². The highest BCUT2D eigenvalue weighted by atomic mass is 16.5. The maximum atomic E-state index is 6.18. The summed E-state index contributed by atoms with van der Waals surface area (Å²) in [6.45, 7) is 4.89. The van der Waals surface area contributed by atoms with Crippen molar-refractivity contribution < 1.29 is 9.47 Å². The number of rotatable bonds is 6. The molecule has 3 rings (SSSR count). The number of nitrogens with zero attached hydrogens (tertiary/aromatic N) is 1. The summed E-state index contributed by atoms with van der Waals surface area (Å²) in [7, 11) is 0. The van der Waals surface area contributed by atoms with E-state index >= 15 is 0 Å². The van der Waals surface area contributed by atoms with Crippen molar-refractivity contribution >= 4 is 5.69 Å². The van der Waals surface area contributed by atoms with Crippen LogP contribution < -0.4 is 20.1 Å². The highest BCUT2D eigenvalue weighted by Crippen LogP contribution is 2.28. The van der Waals surface area contributed by atoms with Gasteiger partial charge in [-0.2, -0.15) is 0 Å². The van der Waals surface area contributed by atoms with Gasteiger partial charge in [-0.05, 0) is 37.1 Å². The minimum absolute atomic E-state index is 0.181. The Labute approximate surface area is 137 Å². The van der Waals surface area contributed by atoms with Crippen LogP contribution in [0.15, 0.2) is 48.5 Å². The lowest BCUT2D eigenvalue weighted by atomic mass is 9.98. The number of hydrogen-bond acceptors (Lipinski definition) is 4. The first-order valence-electron chi connectivity index (χ1n) is 8.21. The Morgan fingerprint density at radius 2 is 1.74 bits per heavy atom. The maximum absolute atomic E-state index is 6.18. The van der Waals surface area contributed by atoms with Crippen LogP contribution in [0.1, 0.15) is 12.5 Å². The molecule has 1 unspecified atom stereocenters. The summed E-state index contributed by atoms with van der Waals surface area (Å²) in [5.74, 6) is 1.59. The van der Waals surface area contributed by atoms with Gasteiger partial charge in [-0.15, -0.1) is 0 Å². The molecule has 1 atom stereocenters. The van der Waals surface area contributed by atoms with Gasteiger partial charge in [-0.25, -0.2) is 0 Å². The molecule has 0 spiro atoms. The first kappa shape index (κ1) is 15.7. The molecule has 1 aliphatic rings. The second-order valence-electron chi connectivity index (χ2n) is 5.77. The van der Waals surface area contributed by atoms with Gasteiger partial charge in [-0.1, -0.05) is 30.3 Å². The molecule has 0 aromatic heterocycles. The molecule has 0 saturated heterocycles. The van der Waals surface area contributed by atoms with Crippen molar-refractivity contribution in [1.29, 1.82) is 0 Å². The van der Waals surface area contributed by atoms with Gasteiger partial charge in [0.2, 0.25) is 0 Å². The highest BCUT2D eigenvalue weighted by molar-refractivity contribution is 5.56. The minimum atomic E-state index is 0.181. The Hall–Kier alpha value is -2.20. The standard InChI is InChI=1S/C19H24N2O2/c1-2-22-18-9-5-6-10-19(18)23-12-11-21-14-16(20)13-15-7-3-4-8-17(15)21/h3-10,16H,2,11-14,20H2,1H3. The number of fused-ring (bicyclic) bond motifs is 1. The molecule has 1 aliphatic heterocycles. The Kier molecular flexibility index (Phi) is 5.03. The molecule has 122 valence electrons. The molecule has 1 heterocycles. The van der Waals surface area contributed by atoms with E-state index in [-0.39, 0.29) is 6.04 Å². The third-order valence-corrected chi connectivity index (χ3v) is 4.04. The molecule has 0 radical (unpaired) electrons. The monoisotopic (exact) mass is 312 g/mol. The van der Waals surface area contributed by atoms with Crippen molar-refractivity contribution in [3.05, 3.63) is 54.1 Å². The van der Waals surface area contributed by atoms with Crippen LogP contribution in [0.4, 0.5) is 5.69 Å². The zero-order valence-corrected chi connectivity index (χ0v) is 13.6. The zero-order chi connectivity index (χ0) is 16.1. The molecule has 4 nitrogen and oxygen atoms in total. The molecule has 2 aromatic carbocycles. The van der Waals surface area contributed by atoms with Gasteiger partial charge in [0.1, 0.15) is 6.61 Å². The summed E-state index contributed by atoms with van der Waals surface area (Å²) in [4.78, 5) is 2.31. The summed E-state index contributed by atoms with van der Waals surface area (Å²) in [5.41, 5.74) is 8.78. The van der Waals surface area contributed by atoms with Crippen molar-refractivity contribution in [2.75, 3.05) is 31.2 Å². The Morgan fingerprint density at radius 3 is 2.52 bits per heavy atom. The lowest BCUT2D eigenvalue weighted by Gasteiger charge is -2.34. The van der Waals surface area contributed by atoms with E-state index in [1.165, 1.54) is 11.3 Å². The van der Waals surface area contributed by atoms with E-state index in [2.05, 4.69) is 29.2 Å². The van der Waals surface area contributed by atoms with Crippen LogP contribution in [0.2, 0.25) is 0 Å². The Morgan fingerprint density at radius 1 is 1.04 bits per heavy atom. The molecular formula is C19H24N2O2. The van der Waals surface area contributed by atoms with Crippen LogP contribution in [-0.2, 0) is 6.42 Å². The third-order valence-electron chi connectivity index (χ3n) is 4.04. The SMILES string of the molecule is CCOc1ccccc1OCCN1CC(N)Cc2ccccc21. The smallest absolute Gasteiger partial charge is 0.161 e. The second kappa shape index (κ2) is 7.38. The average molecular weight is 312 g/mol. The molecule has 0 aliphatic carbocycles. The fourth-order valence-electron chi connectivity index (χ4n) is 3.04. The highest BCUT2D eigenvalue weighted by Gasteiger charge is 2.21. The topological polar surface area (TPSA) is 47.7 Å². The molecule has 2 N–H and O–H groups in total. The van der Waals surface area contributed by atoms with Gasteiger partial charge < -0.3 is 20.1 Å². The van der Waals surface area contributed by atoms with Crippen molar-refractivity contribution in [1.82, 2.24) is 0 Å². The van der Waals surface area contributed by atoms with Crippen LogP contribution in [0.5, 0.6) is 11.5 Å². The van der Waals surface area contributed by atoms with Gasteiger partial charge in [0.15, 0.2) is 11.5 Å². The van der Waals surface area contributed by atoms with Gasteiger partial charge in [0.05, 0.1) is 13.2 Å². The second-order valence-corrected chi connectivity index (χ2v) is 5.77. The van der Waals surface area contributed by atoms with E-state index in [9.17, 15) is 0 Å². The lowest BCUT2D eigenvalue weighted by Crippen LogP contribution is -2.44. The van der Waals surface area contributed by atoms with Crippen LogP contribution in [-0.4, -0.2) is 32.3 Å². The van der Waals surface area contributed by atoms with Crippen LogP contribution in [0.25, 0.3) is 0 Å². The molecular weight excluding hydrogens is 288 g/mol. The van der Waals surface area contributed by atoms with Gasteiger partial charge in [-0.3, -0.25) is 0 Å². The molecule has 0 bridgehead atoms. The number of anilines is 1. The number of hydrogen-bond donors (Lipinski definition) is 1. The Balaban J connectivity index is 1.63. The normalized spacial score (nSPS) is 16.8. The maximum Gasteiger partial charge on any atom is 0.161 e. The molecule has 23 heavy (non-hydrogen) atoms. The predicted octanol–water partition coefficient (Wildman–Crippen LogP) is 2.85. The van der Waals surface area contributed by atoms with Gasteiger partial charge in [0.25, 0.3) is 0 Å². The number of para-hydroxylation sites is 3. The minimum Gasteiger partial charge on any atom is -0.490 e. The summed E-state index contributed by atoms with van der Waals surface area (Å²) >= 11 is 0. The van der Waals surface area contributed by atoms with E-state index in [0.29, 0.717) is 13.2 Å². The van der Waals surface area contributed by atoms with Crippen molar-refractivity contribution in [3.63, 3.8) is 0 Å². The van der Waals surface area contributed by atoms with E-state index < -0.39 is 0 Å². The fraction of sp³-hybridized carbons (Fsp3) is 0.368. The quantitative estimate of drug-likeness (QED) is 0.891. The summed E-state index contributed by atoms with van der Waals surface area (Å²) < 4.78 is 11.5. The van der Waals surface area contributed by atoms with Crippen LogP contribution in [0, 0.1) is 0 Å². The van der Waals surface area contributed by atoms with E-state index in [1.54, 1.807) is 0 Å². The largest absolute Gasteiger partial charge is 0.490 e.